The van der Waals surface area contributed by atoms with Crippen molar-refractivity contribution >= 4 is 21.7 Å². The van der Waals surface area contributed by atoms with Gasteiger partial charge in [-0.25, -0.2) is 17.9 Å². The second-order valence-electron chi connectivity index (χ2n) is 6.23. The highest BCUT2D eigenvalue weighted by Gasteiger charge is 2.21. The van der Waals surface area contributed by atoms with E-state index in [1.54, 1.807) is 28.9 Å². The number of aryl methyl sites for hydroxylation is 1. The minimum atomic E-state index is -3.74. The van der Waals surface area contributed by atoms with Gasteiger partial charge in [-0.3, -0.25) is 4.31 Å². The van der Waals surface area contributed by atoms with Gasteiger partial charge in [0.1, 0.15) is 0 Å². The maximum Gasteiger partial charge on any atom is 0.338 e. The standard InChI is InChI=1S/C19H21N5O4S/c1-3-13-24-18(20-21-22-24)14-28-19(25)15-9-11-17(12-10-15)29(26,27)23(2)16-7-5-4-6-8-16/h4-12H,3,13-14H2,1-2H3. The van der Waals surface area contributed by atoms with Crippen LogP contribution in [0.15, 0.2) is 59.5 Å². The normalized spacial score (nSPS) is 11.2. The van der Waals surface area contributed by atoms with Gasteiger partial charge in [-0.05, 0) is 53.2 Å². The summed E-state index contributed by atoms with van der Waals surface area (Å²) >= 11 is 0. The zero-order valence-corrected chi connectivity index (χ0v) is 16.9. The molecule has 0 unspecified atom stereocenters. The molecule has 1 aromatic heterocycles. The first kappa shape index (κ1) is 20.5. The number of ether oxygens (including phenoxy) is 1. The summed E-state index contributed by atoms with van der Waals surface area (Å²) in [5, 5.41) is 11.2. The number of rotatable bonds is 8. The fraction of sp³-hybridized carbons (Fsp3) is 0.263. The van der Waals surface area contributed by atoms with Gasteiger partial charge in [0.25, 0.3) is 10.0 Å². The lowest BCUT2D eigenvalue weighted by atomic mass is 10.2. The van der Waals surface area contributed by atoms with E-state index in [4.69, 9.17) is 4.74 Å². The van der Waals surface area contributed by atoms with Crippen LogP contribution >= 0.6 is 0 Å². The van der Waals surface area contributed by atoms with Crippen LogP contribution in [0.1, 0.15) is 29.5 Å². The van der Waals surface area contributed by atoms with E-state index < -0.39 is 16.0 Å². The van der Waals surface area contributed by atoms with Crippen molar-refractivity contribution in [3.05, 3.63) is 66.0 Å². The molecule has 0 amide bonds. The number of benzene rings is 2. The Morgan fingerprint density at radius 2 is 1.79 bits per heavy atom. The molecule has 1 heterocycles. The van der Waals surface area contributed by atoms with Gasteiger partial charge in [0, 0.05) is 13.6 Å². The molecule has 0 aliphatic heterocycles. The van der Waals surface area contributed by atoms with E-state index in [1.807, 2.05) is 13.0 Å². The van der Waals surface area contributed by atoms with Crippen molar-refractivity contribution in [2.45, 2.75) is 31.4 Å². The number of hydrogen-bond donors (Lipinski definition) is 0. The van der Waals surface area contributed by atoms with Gasteiger partial charge >= 0.3 is 5.97 Å². The lowest BCUT2D eigenvalue weighted by molar-refractivity contribution is 0.0456. The number of carbonyl (C=O) groups excluding carboxylic acids is 1. The number of anilines is 1. The first-order chi connectivity index (χ1) is 13.9. The molecule has 0 spiro atoms. The minimum absolute atomic E-state index is 0.0668. The molecule has 3 rings (SSSR count). The fourth-order valence-electron chi connectivity index (χ4n) is 2.62. The Balaban J connectivity index is 1.69. The largest absolute Gasteiger partial charge is 0.454 e. The molecular formula is C19H21N5O4S. The van der Waals surface area contributed by atoms with Crippen molar-refractivity contribution in [1.29, 1.82) is 0 Å². The van der Waals surface area contributed by atoms with Crippen molar-refractivity contribution in [2.24, 2.45) is 0 Å². The molecule has 2 aromatic carbocycles. The van der Waals surface area contributed by atoms with Crippen LogP contribution < -0.4 is 4.31 Å². The maximum absolute atomic E-state index is 12.8. The SMILES string of the molecule is CCCn1nnnc1COC(=O)c1ccc(S(=O)(=O)N(C)c2ccccc2)cc1. The van der Waals surface area contributed by atoms with Crippen molar-refractivity contribution in [2.75, 3.05) is 11.4 Å². The zero-order valence-electron chi connectivity index (χ0n) is 16.1. The van der Waals surface area contributed by atoms with Gasteiger partial charge in [-0.1, -0.05) is 25.1 Å². The third-order valence-corrected chi connectivity index (χ3v) is 6.04. The number of sulfonamides is 1. The maximum atomic E-state index is 12.8. The van der Waals surface area contributed by atoms with E-state index in [9.17, 15) is 13.2 Å². The lowest BCUT2D eigenvalue weighted by Gasteiger charge is -2.19. The van der Waals surface area contributed by atoms with Crippen molar-refractivity contribution in [3.63, 3.8) is 0 Å². The summed E-state index contributed by atoms with van der Waals surface area (Å²) in [7, 11) is -2.26. The first-order valence-corrected chi connectivity index (χ1v) is 10.4. The number of hydrogen-bond acceptors (Lipinski definition) is 7. The quantitative estimate of drug-likeness (QED) is 0.519. The smallest absolute Gasteiger partial charge is 0.338 e. The molecule has 0 radical (unpaired) electrons. The molecule has 0 aliphatic rings. The molecule has 0 bridgehead atoms. The van der Waals surface area contributed by atoms with E-state index in [-0.39, 0.29) is 17.1 Å². The van der Waals surface area contributed by atoms with Gasteiger partial charge in [-0.15, -0.1) is 5.10 Å². The van der Waals surface area contributed by atoms with Gasteiger partial charge in [0.05, 0.1) is 16.1 Å². The molecule has 29 heavy (non-hydrogen) atoms. The number of tetrazole rings is 1. The van der Waals surface area contributed by atoms with Crippen LogP contribution in [0.25, 0.3) is 0 Å². The van der Waals surface area contributed by atoms with Crippen molar-refractivity contribution < 1.29 is 17.9 Å². The van der Waals surface area contributed by atoms with E-state index in [0.29, 0.717) is 18.1 Å². The molecular weight excluding hydrogens is 394 g/mol. The van der Waals surface area contributed by atoms with Crippen molar-refractivity contribution in [1.82, 2.24) is 20.2 Å². The van der Waals surface area contributed by atoms with E-state index >= 15 is 0 Å². The van der Waals surface area contributed by atoms with Gasteiger partial charge in [0.2, 0.25) is 0 Å². The van der Waals surface area contributed by atoms with E-state index in [1.165, 1.54) is 35.6 Å². The summed E-state index contributed by atoms with van der Waals surface area (Å²) in [6.45, 7) is 2.55. The Morgan fingerprint density at radius 1 is 1.10 bits per heavy atom. The van der Waals surface area contributed by atoms with Crippen LogP contribution in [0.2, 0.25) is 0 Å². The zero-order chi connectivity index (χ0) is 20.9. The third kappa shape index (κ3) is 4.60. The monoisotopic (exact) mass is 415 g/mol. The van der Waals surface area contributed by atoms with E-state index in [0.717, 1.165) is 6.42 Å². The molecule has 0 atom stereocenters. The van der Waals surface area contributed by atoms with Crippen LogP contribution in [-0.4, -0.2) is 41.6 Å². The van der Waals surface area contributed by atoms with Crippen LogP contribution in [0, 0.1) is 0 Å². The molecule has 0 saturated heterocycles. The Morgan fingerprint density at radius 3 is 2.45 bits per heavy atom. The van der Waals surface area contributed by atoms with Gasteiger partial charge in [-0.2, -0.15) is 0 Å². The molecule has 3 aromatic rings. The second kappa shape index (κ2) is 8.82. The summed E-state index contributed by atoms with van der Waals surface area (Å²) < 4.78 is 33.6. The fourth-order valence-corrected chi connectivity index (χ4v) is 3.82. The molecule has 10 heteroatoms. The summed E-state index contributed by atoms with van der Waals surface area (Å²) in [5.41, 5.74) is 0.779. The summed E-state index contributed by atoms with van der Waals surface area (Å²) in [6.07, 6.45) is 0.847. The summed E-state index contributed by atoms with van der Waals surface area (Å²) in [4.78, 5) is 12.3. The Bertz CT molecular complexity index is 1070. The molecule has 152 valence electrons. The van der Waals surface area contributed by atoms with Gasteiger partial charge in [0.15, 0.2) is 12.4 Å². The minimum Gasteiger partial charge on any atom is -0.454 e. The van der Waals surface area contributed by atoms with Crippen LogP contribution in [0.4, 0.5) is 5.69 Å². The first-order valence-electron chi connectivity index (χ1n) is 8.99. The number of para-hydroxylation sites is 1. The molecule has 0 N–H and O–H groups in total. The average molecular weight is 415 g/mol. The number of esters is 1. The van der Waals surface area contributed by atoms with Crippen LogP contribution in [-0.2, 0) is 27.9 Å². The Hall–Kier alpha value is -3.27. The number of aromatic nitrogens is 4. The molecule has 0 fully saturated rings. The molecule has 9 nitrogen and oxygen atoms in total. The predicted octanol–water partition coefficient (Wildman–Crippen LogP) is 2.27. The number of nitrogens with zero attached hydrogens (tertiary/aromatic N) is 5. The Labute approximate surface area is 169 Å². The second-order valence-corrected chi connectivity index (χ2v) is 8.20. The highest BCUT2D eigenvalue weighted by atomic mass is 32.2. The average Bonchev–Trinajstić information content (AvgIpc) is 3.19. The number of carbonyl (C=O) groups is 1. The Kier molecular flexibility index (Phi) is 6.23. The van der Waals surface area contributed by atoms with Gasteiger partial charge < -0.3 is 4.74 Å². The van der Waals surface area contributed by atoms with Crippen molar-refractivity contribution in [3.8, 4) is 0 Å². The molecule has 0 saturated carbocycles. The third-order valence-electron chi connectivity index (χ3n) is 4.24. The highest BCUT2D eigenvalue weighted by molar-refractivity contribution is 7.92. The van der Waals surface area contributed by atoms with E-state index in [2.05, 4.69) is 15.5 Å². The molecule has 0 aliphatic carbocycles. The summed E-state index contributed by atoms with van der Waals surface area (Å²) in [6, 6.07) is 14.3. The van der Waals surface area contributed by atoms with Crippen LogP contribution in [0.3, 0.4) is 0 Å². The topological polar surface area (TPSA) is 107 Å². The summed E-state index contributed by atoms with van der Waals surface area (Å²) in [5.74, 6) is -0.139. The van der Waals surface area contributed by atoms with Crippen LogP contribution in [0.5, 0.6) is 0 Å². The lowest BCUT2D eigenvalue weighted by Crippen LogP contribution is -2.26. The predicted molar refractivity (Wildman–Crippen MR) is 106 cm³/mol. The highest BCUT2D eigenvalue weighted by Crippen LogP contribution is 2.22.